The molecule has 1 aromatic carbocycles. The average Bonchev–Trinajstić information content (AvgIpc) is 3.60. The fraction of sp³-hybridized carbons (Fsp3) is 0.143. The molecule has 0 saturated carbocycles. The number of furan rings is 1. The van der Waals surface area contributed by atoms with Crippen LogP contribution in [0.15, 0.2) is 69.7 Å². The molecule has 2 amide bonds. The summed E-state index contributed by atoms with van der Waals surface area (Å²) in [6.07, 6.45) is 2.14. The van der Waals surface area contributed by atoms with Crippen LogP contribution in [-0.4, -0.2) is 42.7 Å². The van der Waals surface area contributed by atoms with Crippen molar-refractivity contribution in [2.24, 2.45) is 10.8 Å². The third-order valence-corrected chi connectivity index (χ3v) is 5.92. The molecule has 11 heteroatoms. The van der Waals surface area contributed by atoms with E-state index in [1.54, 1.807) is 47.9 Å². The standard InChI is InChI=1S/C21H17N7O3S/c22-20(30)13-5-7-14(8-6-13)21-23-26-27(25-21)12-19(29)28-16(17-3-1-9-31-17)11-15(24-28)18-4-2-10-32-18/h1-10,16H,11-12H2,(H2,22,30)/t16-/m1/s1. The van der Waals surface area contributed by atoms with Crippen molar-refractivity contribution >= 4 is 28.9 Å². The Labute approximate surface area is 185 Å². The van der Waals surface area contributed by atoms with Crippen molar-refractivity contribution in [2.75, 3.05) is 0 Å². The maximum absolute atomic E-state index is 13.1. The summed E-state index contributed by atoms with van der Waals surface area (Å²) < 4.78 is 5.56. The van der Waals surface area contributed by atoms with Gasteiger partial charge in [0.2, 0.25) is 11.7 Å². The largest absolute Gasteiger partial charge is 0.467 e. The number of hydrogen-bond acceptors (Lipinski definition) is 8. The molecule has 32 heavy (non-hydrogen) atoms. The van der Waals surface area contributed by atoms with Gasteiger partial charge in [-0.25, -0.2) is 5.01 Å². The zero-order valence-electron chi connectivity index (χ0n) is 16.7. The van der Waals surface area contributed by atoms with E-state index in [1.165, 1.54) is 9.81 Å². The Kier molecular flexibility index (Phi) is 5.07. The van der Waals surface area contributed by atoms with Gasteiger partial charge in [-0.05, 0) is 40.9 Å². The highest BCUT2D eigenvalue weighted by atomic mass is 32.1. The van der Waals surface area contributed by atoms with E-state index in [9.17, 15) is 9.59 Å². The molecule has 0 aliphatic carbocycles. The van der Waals surface area contributed by atoms with Crippen molar-refractivity contribution in [3.8, 4) is 11.4 Å². The van der Waals surface area contributed by atoms with Gasteiger partial charge in [-0.3, -0.25) is 9.59 Å². The maximum atomic E-state index is 13.1. The minimum absolute atomic E-state index is 0.134. The Morgan fingerprint density at radius 2 is 2.00 bits per heavy atom. The number of nitrogens with zero attached hydrogens (tertiary/aromatic N) is 6. The molecule has 5 rings (SSSR count). The summed E-state index contributed by atoms with van der Waals surface area (Å²) in [5, 5.41) is 20.3. The summed E-state index contributed by atoms with van der Waals surface area (Å²) in [6, 6.07) is 13.7. The van der Waals surface area contributed by atoms with E-state index < -0.39 is 5.91 Å². The van der Waals surface area contributed by atoms with Crippen LogP contribution in [0.2, 0.25) is 0 Å². The van der Waals surface area contributed by atoms with Crippen molar-refractivity contribution in [1.82, 2.24) is 25.2 Å². The lowest BCUT2D eigenvalue weighted by molar-refractivity contribution is -0.134. The quantitative estimate of drug-likeness (QED) is 0.483. The molecular weight excluding hydrogens is 430 g/mol. The van der Waals surface area contributed by atoms with Gasteiger partial charge in [0.15, 0.2) is 0 Å². The lowest BCUT2D eigenvalue weighted by Gasteiger charge is -2.19. The fourth-order valence-corrected chi connectivity index (χ4v) is 4.16. The van der Waals surface area contributed by atoms with E-state index in [1.807, 2.05) is 23.6 Å². The van der Waals surface area contributed by atoms with Crippen LogP contribution < -0.4 is 5.73 Å². The maximum Gasteiger partial charge on any atom is 0.267 e. The topological polar surface area (TPSA) is 132 Å². The predicted molar refractivity (Wildman–Crippen MR) is 116 cm³/mol. The molecule has 0 unspecified atom stereocenters. The predicted octanol–water partition coefficient (Wildman–Crippen LogP) is 2.47. The second-order valence-electron chi connectivity index (χ2n) is 7.08. The van der Waals surface area contributed by atoms with E-state index in [0.29, 0.717) is 29.1 Å². The number of carbonyl (C=O) groups excluding carboxylic acids is 2. The molecular formula is C21H17N7O3S. The van der Waals surface area contributed by atoms with Crippen LogP contribution in [-0.2, 0) is 11.3 Å². The van der Waals surface area contributed by atoms with Gasteiger partial charge in [-0.15, -0.1) is 21.5 Å². The number of primary amides is 1. The van der Waals surface area contributed by atoms with Gasteiger partial charge >= 0.3 is 0 Å². The molecule has 2 N–H and O–H groups in total. The Morgan fingerprint density at radius 3 is 2.69 bits per heavy atom. The van der Waals surface area contributed by atoms with E-state index >= 15 is 0 Å². The molecule has 160 valence electrons. The highest BCUT2D eigenvalue weighted by Crippen LogP contribution is 2.34. The van der Waals surface area contributed by atoms with Crippen molar-refractivity contribution in [3.63, 3.8) is 0 Å². The SMILES string of the molecule is NC(=O)c1ccc(-c2nnn(CC(=O)N3N=C(c4cccs4)C[C@@H]3c3ccco3)n2)cc1. The molecule has 0 saturated heterocycles. The van der Waals surface area contributed by atoms with Crippen molar-refractivity contribution < 1.29 is 14.0 Å². The molecule has 0 spiro atoms. The summed E-state index contributed by atoms with van der Waals surface area (Å²) in [5.74, 6) is 0.194. The number of nitrogens with two attached hydrogens (primary N) is 1. The first-order valence-corrected chi connectivity index (χ1v) is 10.6. The van der Waals surface area contributed by atoms with Gasteiger partial charge in [0.1, 0.15) is 18.3 Å². The molecule has 10 nitrogen and oxygen atoms in total. The lowest BCUT2D eigenvalue weighted by atomic mass is 10.1. The second kappa shape index (κ2) is 8.19. The number of benzene rings is 1. The van der Waals surface area contributed by atoms with E-state index in [4.69, 9.17) is 10.2 Å². The average molecular weight is 447 g/mol. The number of carbonyl (C=O) groups is 2. The molecule has 1 atom stereocenters. The molecule has 4 aromatic rings. The highest BCUT2D eigenvalue weighted by Gasteiger charge is 2.35. The summed E-state index contributed by atoms with van der Waals surface area (Å²) in [6.45, 7) is -0.134. The Hall–Kier alpha value is -4.12. The van der Waals surface area contributed by atoms with Gasteiger partial charge < -0.3 is 10.2 Å². The fourth-order valence-electron chi connectivity index (χ4n) is 3.44. The number of rotatable bonds is 6. The molecule has 1 aliphatic heterocycles. The third-order valence-electron chi connectivity index (χ3n) is 5.00. The first-order valence-electron chi connectivity index (χ1n) is 9.73. The minimum atomic E-state index is -0.516. The van der Waals surface area contributed by atoms with Crippen LogP contribution in [0.25, 0.3) is 11.4 Å². The Balaban J connectivity index is 1.36. The van der Waals surface area contributed by atoms with Gasteiger partial charge in [0.05, 0.1) is 16.9 Å². The normalized spacial score (nSPS) is 15.7. The first-order chi connectivity index (χ1) is 15.6. The van der Waals surface area contributed by atoms with E-state index in [-0.39, 0.29) is 18.5 Å². The van der Waals surface area contributed by atoms with E-state index in [0.717, 1.165) is 10.6 Å². The number of thiophene rings is 1. The monoisotopic (exact) mass is 447 g/mol. The summed E-state index contributed by atoms with van der Waals surface area (Å²) in [5.41, 5.74) is 7.13. The first kappa shape index (κ1) is 19.8. The molecule has 3 aromatic heterocycles. The van der Waals surface area contributed by atoms with Crippen molar-refractivity contribution in [2.45, 2.75) is 19.0 Å². The van der Waals surface area contributed by atoms with Crippen LogP contribution in [0, 0.1) is 0 Å². The lowest BCUT2D eigenvalue weighted by Crippen LogP contribution is -2.31. The number of hydrogen-bond donors (Lipinski definition) is 1. The zero-order chi connectivity index (χ0) is 22.1. The van der Waals surface area contributed by atoms with Gasteiger partial charge in [0.25, 0.3) is 5.91 Å². The van der Waals surface area contributed by atoms with Crippen LogP contribution >= 0.6 is 11.3 Å². The van der Waals surface area contributed by atoms with Gasteiger partial charge in [-0.2, -0.15) is 9.90 Å². The molecule has 1 aliphatic rings. The van der Waals surface area contributed by atoms with Crippen molar-refractivity contribution in [3.05, 3.63) is 76.4 Å². The number of aromatic nitrogens is 4. The summed E-state index contributed by atoms with van der Waals surface area (Å²) in [4.78, 5) is 26.6. The Bertz CT molecular complexity index is 1280. The smallest absolute Gasteiger partial charge is 0.267 e. The van der Waals surface area contributed by atoms with Gasteiger partial charge in [0, 0.05) is 17.5 Å². The van der Waals surface area contributed by atoms with Gasteiger partial charge in [-0.1, -0.05) is 18.2 Å². The number of hydrazone groups is 1. The second-order valence-corrected chi connectivity index (χ2v) is 8.03. The molecule has 0 radical (unpaired) electrons. The van der Waals surface area contributed by atoms with E-state index in [2.05, 4.69) is 20.5 Å². The number of tetrazole rings is 1. The third kappa shape index (κ3) is 3.81. The van der Waals surface area contributed by atoms with Crippen LogP contribution in [0.1, 0.15) is 33.5 Å². The molecule has 0 fully saturated rings. The summed E-state index contributed by atoms with van der Waals surface area (Å²) in [7, 11) is 0. The van der Waals surface area contributed by atoms with Crippen molar-refractivity contribution in [1.29, 1.82) is 0 Å². The van der Waals surface area contributed by atoms with Crippen LogP contribution in [0.3, 0.4) is 0 Å². The zero-order valence-corrected chi connectivity index (χ0v) is 17.5. The summed E-state index contributed by atoms with van der Waals surface area (Å²) >= 11 is 1.57. The highest BCUT2D eigenvalue weighted by molar-refractivity contribution is 7.12. The Morgan fingerprint density at radius 1 is 1.16 bits per heavy atom. The van der Waals surface area contributed by atoms with Crippen LogP contribution in [0.4, 0.5) is 0 Å². The number of amides is 2. The minimum Gasteiger partial charge on any atom is -0.467 e. The van der Waals surface area contributed by atoms with Crippen LogP contribution in [0.5, 0.6) is 0 Å². The molecule has 0 bridgehead atoms. The molecule has 4 heterocycles.